The van der Waals surface area contributed by atoms with E-state index in [1.807, 2.05) is 6.92 Å². The molecule has 0 saturated heterocycles. The summed E-state index contributed by atoms with van der Waals surface area (Å²) in [6.45, 7) is 21.4. The van der Waals surface area contributed by atoms with Crippen molar-refractivity contribution in [1.29, 1.82) is 0 Å². The summed E-state index contributed by atoms with van der Waals surface area (Å²) in [6, 6.07) is 0.00750. The van der Waals surface area contributed by atoms with Gasteiger partial charge >= 0.3 is 0 Å². The topological polar surface area (TPSA) is 118 Å². The molecule has 1 rings (SSSR count). The maximum absolute atomic E-state index is 10.3. The van der Waals surface area contributed by atoms with Gasteiger partial charge in [0.1, 0.15) is 0 Å². The molecule has 35 heavy (non-hydrogen) atoms. The van der Waals surface area contributed by atoms with Gasteiger partial charge in [0.25, 0.3) is 0 Å². The summed E-state index contributed by atoms with van der Waals surface area (Å²) in [5.41, 5.74) is -0.243. The Kier molecular flexibility index (Phi) is 20.0. The van der Waals surface area contributed by atoms with Gasteiger partial charge in [-0.15, -0.1) is 19.7 Å². The normalized spacial score (nSPS) is 20.3. The quantitative estimate of drug-likeness (QED) is 0.162. The molecular weight excluding hydrogens is 448 g/mol. The summed E-state index contributed by atoms with van der Waals surface area (Å²) in [4.78, 5) is 28.0. The van der Waals surface area contributed by atoms with Crippen LogP contribution in [0.3, 0.4) is 0 Å². The molecule has 1 aliphatic carbocycles. The first-order valence-electron chi connectivity index (χ1n) is 11.9. The van der Waals surface area contributed by atoms with Crippen LogP contribution in [0.1, 0.15) is 53.4 Å². The molecule has 2 unspecified atom stereocenters. The van der Waals surface area contributed by atoms with Gasteiger partial charge in [0.05, 0.1) is 52.2 Å². The van der Waals surface area contributed by atoms with Crippen molar-refractivity contribution < 1.29 is 29.3 Å². The zero-order chi connectivity index (χ0) is 27.2. The lowest BCUT2D eigenvalue weighted by molar-refractivity contribution is -0.0424. The van der Waals surface area contributed by atoms with Crippen molar-refractivity contribution in [3.05, 3.63) is 38.0 Å². The largest absolute Gasteiger partial charge is 0.396 e. The number of hydrogen-bond acceptors (Lipinski definition) is 8. The van der Waals surface area contributed by atoms with Crippen molar-refractivity contribution in [2.24, 2.45) is 26.2 Å². The average molecular weight is 495 g/mol. The number of aliphatic hydroxyl groups is 2. The second-order valence-corrected chi connectivity index (χ2v) is 9.93. The molecule has 0 bridgehead atoms. The predicted octanol–water partition coefficient (Wildman–Crippen LogP) is 4.19. The number of aliphatic hydroxyl groups excluding tert-OH is 2. The molecule has 2 atom stereocenters. The average Bonchev–Trinajstić information content (AvgIpc) is 2.81. The Bertz CT molecular complexity index is 676. The van der Waals surface area contributed by atoms with Gasteiger partial charge in [0.2, 0.25) is 12.2 Å². The fraction of sp³-hybridized carbons (Fsp3) is 0.704. The highest BCUT2D eigenvalue weighted by Gasteiger charge is 2.41. The van der Waals surface area contributed by atoms with Crippen LogP contribution in [0.5, 0.6) is 0 Å². The van der Waals surface area contributed by atoms with Crippen LogP contribution < -0.4 is 0 Å². The first-order valence-corrected chi connectivity index (χ1v) is 11.9. The zero-order valence-electron chi connectivity index (χ0n) is 22.1. The van der Waals surface area contributed by atoms with Crippen molar-refractivity contribution in [3.8, 4) is 0 Å². The van der Waals surface area contributed by atoms with E-state index in [1.54, 1.807) is 24.3 Å². The van der Waals surface area contributed by atoms with Crippen molar-refractivity contribution in [3.63, 3.8) is 0 Å². The summed E-state index contributed by atoms with van der Waals surface area (Å²) in [6.07, 6.45) is 11.5. The van der Waals surface area contributed by atoms with Gasteiger partial charge in [-0.05, 0) is 36.5 Å². The maximum Gasteiger partial charge on any atom is 0.235 e. The number of aliphatic imine (C=N–C) groups is 2. The molecule has 8 nitrogen and oxygen atoms in total. The summed E-state index contributed by atoms with van der Waals surface area (Å²) >= 11 is 0. The molecule has 0 spiro atoms. The minimum atomic E-state index is -0.300. The van der Waals surface area contributed by atoms with E-state index in [1.165, 1.54) is 6.08 Å². The fourth-order valence-electron chi connectivity index (χ4n) is 4.25. The highest BCUT2D eigenvalue weighted by molar-refractivity contribution is 5.34. The number of nitrogens with zero attached hydrogens (tertiary/aromatic N) is 2. The summed E-state index contributed by atoms with van der Waals surface area (Å²) in [5.74, 6) is 0. The van der Waals surface area contributed by atoms with Gasteiger partial charge in [-0.3, -0.25) is 0 Å². The number of hydrogen-bond donors (Lipinski definition) is 2. The number of rotatable bonds is 14. The predicted molar refractivity (Wildman–Crippen MR) is 140 cm³/mol. The smallest absolute Gasteiger partial charge is 0.235 e. The lowest BCUT2D eigenvalue weighted by Crippen LogP contribution is -2.39. The lowest BCUT2D eigenvalue weighted by atomic mass is 9.63. The summed E-state index contributed by atoms with van der Waals surface area (Å²) in [5, 5.41) is 17.1. The van der Waals surface area contributed by atoms with Crippen LogP contribution in [0, 0.1) is 16.2 Å². The summed E-state index contributed by atoms with van der Waals surface area (Å²) < 4.78 is 10.8. The molecule has 0 aliphatic heterocycles. The van der Waals surface area contributed by atoms with Crippen molar-refractivity contribution in [2.45, 2.75) is 59.4 Å². The number of carbonyl (C=O) groups excluding carboxylic acids is 2. The number of isocyanates is 2. The zero-order valence-corrected chi connectivity index (χ0v) is 22.1. The van der Waals surface area contributed by atoms with Crippen LogP contribution in [0.15, 0.2) is 47.9 Å². The van der Waals surface area contributed by atoms with Crippen LogP contribution in [-0.4, -0.2) is 74.6 Å². The third-order valence-electron chi connectivity index (χ3n) is 5.68. The van der Waals surface area contributed by atoms with Crippen LogP contribution in [0.4, 0.5) is 0 Å². The van der Waals surface area contributed by atoms with Crippen molar-refractivity contribution >= 4 is 12.2 Å². The van der Waals surface area contributed by atoms with E-state index in [4.69, 9.17) is 14.6 Å². The Hall–Kier alpha value is -2.18. The third kappa shape index (κ3) is 17.0. The molecule has 1 aliphatic rings. The van der Waals surface area contributed by atoms with Crippen molar-refractivity contribution in [2.75, 3.05) is 46.2 Å². The van der Waals surface area contributed by atoms with E-state index < -0.39 is 0 Å². The molecule has 0 aromatic rings. The third-order valence-corrected chi connectivity index (χ3v) is 5.68. The minimum Gasteiger partial charge on any atom is -0.396 e. The van der Waals surface area contributed by atoms with Crippen LogP contribution in [0.2, 0.25) is 0 Å². The van der Waals surface area contributed by atoms with Gasteiger partial charge in [-0.2, -0.15) is 0 Å². The summed E-state index contributed by atoms with van der Waals surface area (Å²) in [7, 11) is 0. The molecule has 200 valence electrons. The molecule has 2 N–H and O–H groups in total. The molecule has 0 aromatic heterocycles. The van der Waals surface area contributed by atoms with E-state index in [0.717, 1.165) is 25.7 Å². The lowest BCUT2D eigenvalue weighted by Gasteiger charge is -2.44. The molecule has 0 radical (unpaired) electrons. The van der Waals surface area contributed by atoms with Crippen LogP contribution in [0.25, 0.3) is 0 Å². The Morgan fingerprint density at radius 2 is 1.54 bits per heavy atom. The van der Waals surface area contributed by atoms with E-state index >= 15 is 0 Å². The maximum atomic E-state index is 10.3. The molecule has 8 heteroatoms. The number of ether oxygens (including phenoxy) is 2. The van der Waals surface area contributed by atoms with Gasteiger partial charge in [-0.25, -0.2) is 19.6 Å². The van der Waals surface area contributed by atoms with Gasteiger partial charge < -0.3 is 19.7 Å². The fourth-order valence-corrected chi connectivity index (χ4v) is 4.25. The van der Waals surface area contributed by atoms with Gasteiger partial charge in [0, 0.05) is 5.41 Å². The molecule has 1 fully saturated rings. The van der Waals surface area contributed by atoms with E-state index in [0.29, 0.717) is 33.0 Å². The van der Waals surface area contributed by atoms with Crippen LogP contribution >= 0.6 is 0 Å². The highest BCUT2D eigenvalue weighted by atomic mass is 16.5. The Morgan fingerprint density at radius 1 is 1.00 bits per heavy atom. The monoisotopic (exact) mass is 494 g/mol. The first kappa shape index (κ1) is 35.0. The molecule has 0 heterocycles. The van der Waals surface area contributed by atoms with E-state index in [2.05, 4.69) is 50.5 Å². The van der Waals surface area contributed by atoms with Gasteiger partial charge in [-0.1, -0.05) is 45.9 Å². The SMILES string of the molecule is C=CCO.C=CCOCC(CC)(CO)COCC=C.CC1(C)CC(N=C=O)CC(C)(CN=C=O)C1. The molecule has 0 aromatic carbocycles. The second kappa shape index (κ2) is 20.1. The standard InChI is InChI=1S/C12H18N2O2.C12H22O3.C3H6O/c1-11(2)4-10(14-9-16)5-12(3,6-11)7-13-8-15;1-4-7-14-10-12(6-3,9-13)11-15-8-5-2;1-2-3-4/h10H,4-7H2,1-3H3;4-5,13H,1-2,6-11H2,3H3;2,4H,1,3H2. The van der Waals surface area contributed by atoms with E-state index in [-0.39, 0.29) is 35.5 Å². The van der Waals surface area contributed by atoms with E-state index in [9.17, 15) is 14.7 Å². The highest BCUT2D eigenvalue weighted by Crippen LogP contribution is 2.47. The second-order valence-electron chi connectivity index (χ2n) is 9.93. The Balaban J connectivity index is 0. The Morgan fingerprint density at radius 3 is 1.91 bits per heavy atom. The first-order chi connectivity index (χ1) is 16.6. The van der Waals surface area contributed by atoms with Crippen molar-refractivity contribution in [1.82, 2.24) is 0 Å². The Labute approximate surface area is 211 Å². The van der Waals surface area contributed by atoms with Crippen LogP contribution in [-0.2, 0) is 19.1 Å². The molecular formula is C27H46N2O6. The van der Waals surface area contributed by atoms with Gasteiger partial charge in [0.15, 0.2) is 0 Å². The molecule has 0 amide bonds. The minimum absolute atomic E-state index is 0.00750. The molecule has 1 saturated carbocycles.